The van der Waals surface area contributed by atoms with Crippen LogP contribution in [0.25, 0.3) is 0 Å². The fourth-order valence-electron chi connectivity index (χ4n) is 3.38. The quantitative estimate of drug-likeness (QED) is 0.619. The normalized spacial score (nSPS) is 21.4. The number of hydrogen-bond donors (Lipinski definition) is 0. The van der Waals surface area contributed by atoms with E-state index in [4.69, 9.17) is 9.47 Å². The first-order valence-electron chi connectivity index (χ1n) is 10.1. The van der Waals surface area contributed by atoms with E-state index < -0.39 is 12.0 Å². The van der Waals surface area contributed by atoms with E-state index in [1.165, 1.54) is 11.8 Å². The lowest BCUT2D eigenvalue weighted by atomic mass is 9.94. The first kappa shape index (κ1) is 21.4. The Hall–Kier alpha value is -2.28. The molecule has 6 nitrogen and oxygen atoms in total. The first-order valence-corrected chi connectivity index (χ1v) is 10.9. The highest BCUT2D eigenvalue weighted by molar-refractivity contribution is 8.15. The molecule has 0 spiro atoms. The van der Waals surface area contributed by atoms with Gasteiger partial charge < -0.3 is 9.47 Å². The number of allylic oxidation sites excluding steroid dienone is 1. The second-order valence-corrected chi connectivity index (χ2v) is 8.68. The van der Waals surface area contributed by atoms with Crippen LogP contribution in [-0.4, -0.2) is 40.4 Å². The van der Waals surface area contributed by atoms with Crippen LogP contribution in [0.4, 0.5) is 0 Å². The maximum Gasteiger partial charge on any atom is 0.338 e. The van der Waals surface area contributed by atoms with Crippen molar-refractivity contribution in [2.24, 2.45) is 10.9 Å². The van der Waals surface area contributed by atoms with E-state index in [0.29, 0.717) is 35.4 Å². The topological polar surface area (TPSA) is 68.2 Å². The van der Waals surface area contributed by atoms with Gasteiger partial charge in [0.25, 0.3) is 0 Å². The molecule has 1 aromatic rings. The molecule has 2 heterocycles. The van der Waals surface area contributed by atoms with Crippen molar-refractivity contribution in [3.63, 3.8) is 0 Å². The molecule has 3 rings (SSSR count). The van der Waals surface area contributed by atoms with Gasteiger partial charge >= 0.3 is 5.97 Å². The molecular formula is C22H28N2O4S. The van der Waals surface area contributed by atoms with E-state index >= 15 is 0 Å². The number of amidine groups is 1. The lowest BCUT2D eigenvalue weighted by molar-refractivity contribution is -0.139. The van der Waals surface area contributed by atoms with E-state index in [2.05, 4.69) is 18.8 Å². The van der Waals surface area contributed by atoms with Gasteiger partial charge in [-0.2, -0.15) is 0 Å². The van der Waals surface area contributed by atoms with Crippen LogP contribution in [0.15, 0.2) is 40.5 Å². The van der Waals surface area contributed by atoms with Gasteiger partial charge in [-0.15, -0.1) is 0 Å². The van der Waals surface area contributed by atoms with Crippen LogP contribution in [-0.2, 0) is 14.3 Å². The number of thioether (sulfide) groups is 1. The molecule has 1 amide bonds. The second kappa shape index (κ2) is 9.03. The zero-order valence-corrected chi connectivity index (χ0v) is 18.4. The molecule has 0 radical (unpaired) electrons. The average Bonchev–Trinajstić information content (AvgIpc) is 3.01. The van der Waals surface area contributed by atoms with Crippen molar-refractivity contribution in [3.05, 3.63) is 41.1 Å². The Balaban J connectivity index is 2.00. The van der Waals surface area contributed by atoms with Crippen molar-refractivity contribution >= 4 is 28.8 Å². The van der Waals surface area contributed by atoms with Gasteiger partial charge in [0.1, 0.15) is 5.75 Å². The molecule has 2 aliphatic heterocycles. The van der Waals surface area contributed by atoms with Crippen LogP contribution in [0.3, 0.4) is 0 Å². The van der Waals surface area contributed by atoms with E-state index in [-0.39, 0.29) is 17.8 Å². The second-order valence-electron chi connectivity index (χ2n) is 7.51. The monoisotopic (exact) mass is 416 g/mol. The summed E-state index contributed by atoms with van der Waals surface area (Å²) >= 11 is 1.46. The summed E-state index contributed by atoms with van der Waals surface area (Å²) in [5, 5.41) is 0.469. The highest BCUT2D eigenvalue weighted by Gasteiger charge is 2.47. The largest absolute Gasteiger partial charge is 0.493 e. The number of amides is 1. The molecule has 0 aliphatic carbocycles. The predicted molar refractivity (Wildman–Crippen MR) is 115 cm³/mol. The van der Waals surface area contributed by atoms with Crippen molar-refractivity contribution in [3.8, 4) is 5.75 Å². The van der Waals surface area contributed by atoms with Crippen LogP contribution in [0.1, 0.15) is 52.6 Å². The Labute approximate surface area is 176 Å². The van der Waals surface area contributed by atoms with Crippen LogP contribution in [0.2, 0.25) is 0 Å². The van der Waals surface area contributed by atoms with Crippen molar-refractivity contribution in [1.82, 2.24) is 4.90 Å². The third-order valence-corrected chi connectivity index (χ3v) is 6.11. The van der Waals surface area contributed by atoms with E-state index in [0.717, 1.165) is 11.3 Å². The maximum atomic E-state index is 13.1. The Kier molecular flexibility index (Phi) is 6.67. The Bertz CT molecular complexity index is 845. The number of esters is 1. The van der Waals surface area contributed by atoms with Gasteiger partial charge in [-0.3, -0.25) is 9.69 Å². The third kappa shape index (κ3) is 4.34. The lowest BCUT2D eigenvalue weighted by Gasteiger charge is -2.33. The zero-order chi connectivity index (χ0) is 21.1. The molecule has 0 N–H and O–H groups in total. The molecule has 0 bridgehead atoms. The molecule has 1 saturated heterocycles. The van der Waals surface area contributed by atoms with Crippen LogP contribution in [0, 0.1) is 5.92 Å². The minimum absolute atomic E-state index is 0.0179. The minimum atomic E-state index is -0.544. The van der Waals surface area contributed by atoms with Gasteiger partial charge in [0.15, 0.2) is 5.17 Å². The van der Waals surface area contributed by atoms with Gasteiger partial charge in [-0.1, -0.05) is 44.7 Å². The number of benzene rings is 1. The van der Waals surface area contributed by atoms with Gasteiger partial charge in [0.05, 0.1) is 35.8 Å². The number of carbonyl (C=O) groups is 2. The predicted octanol–water partition coefficient (Wildman–Crippen LogP) is 4.32. The zero-order valence-electron chi connectivity index (χ0n) is 17.6. The van der Waals surface area contributed by atoms with Gasteiger partial charge in [0, 0.05) is 0 Å². The molecule has 0 aromatic heterocycles. The summed E-state index contributed by atoms with van der Waals surface area (Å²) in [6, 6.07) is 7.04. The van der Waals surface area contributed by atoms with Crippen molar-refractivity contribution in [2.75, 3.05) is 13.2 Å². The number of aliphatic imine (C=N–C) groups is 1. The molecule has 2 atom stereocenters. The number of ether oxygens (including phenoxy) is 2. The Morgan fingerprint density at radius 3 is 2.52 bits per heavy atom. The molecule has 2 aliphatic rings. The molecule has 1 fully saturated rings. The Morgan fingerprint density at radius 1 is 1.24 bits per heavy atom. The van der Waals surface area contributed by atoms with E-state index in [9.17, 15) is 9.59 Å². The standard InChI is InChI=1S/C22H28N2O4S/c1-6-17-20(25)24-19(15-8-10-16(11-9-15)28-12-13(3)4)18(21(26)27-7-2)14(5)23-22(24)29-17/h8-11,13,17,19H,6-7,12H2,1-5H3. The van der Waals surface area contributed by atoms with E-state index in [1.54, 1.807) is 18.7 Å². The molecule has 1 aromatic carbocycles. The smallest absolute Gasteiger partial charge is 0.338 e. The fraction of sp³-hybridized carbons (Fsp3) is 0.500. The van der Waals surface area contributed by atoms with Crippen LogP contribution < -0.4 is 4.74 Å². The Morgan fingerprint density at radius 2 is 1.93 bits per heavy atom. The molecule has 29 heavy (non-hydrogen) atoms. The molecule has 2 unspecified atom stereocenters. The number of carbonyl (C=O) groups excluding carboxylic acids is 2. The number of hydrogen-bond acceptors (Lipinski definition) is 6. The molecule has 0 saturated carbocycles. The third-order valence-electron chi connectivity index (χ3n) is 4.80. The number of fused-ring (bicyclic) bond motifs is 1. The summed E-state index contributed by atoms with van der Waals surface area (Å²) in [5.74, 6) is 0.739. The number of nitrogens with zero attached hydrogens (tertiary/aromatic N) is 2. The summed E-state index contributed by atoms with van der Waals surface area (Å²) < 4.78 is 11.1. The maximum absolute atomic E-state index is 13.1. The van der Waals surface area contributed by atoms with Crippen molar-refractivity contribution in [2.45, 2.75) is 52.3 Å². The SMILES string of the molecule is CCOC(=O)C1=C(C)N=C2SC(CC)C(=O)N2C1c1ccc(OCC(C)C)cc1. The summed E-state index contributed by atoms with van der Waals surface area (Å²) in [5.41, 5.74) is 1.84. The molecular weight excluding hydrogens is 388 g/mol. The average molecular weight is 417 g/mol. The van der Waals surface area contributed by atoms with Crippen LogP contribution in [0.5, 0.6) is 5.75 Å². The van der Waals surface area contributed by atoms with Gasteiger partial charge in [-0.05, 0) is 43.9 Å². The highest BCUT2D eigenvalue weighted by atomic mass is 32.2. The summed E-state index contributed by atoms with van der Waals surface area (Å²) in [6.45, 7) is 10.6. The summed E-state index contributed by atoms with van der Waals surface area (Å²) in [7, 11) is 0. The first-order chi connectivity index (χ1) is 13.9. The van der Waals surface area contributed by atoms with E-state index in [1.807, 2.05) is 31.2 Å². The molecule has 156 valence electrons. The van der Waals surface area contributed by atoms with Crippen molar-refractivity contribution < 1.29 is 19.1 Å². The lowest BCUT2D eigenvalue weighted by Crippen LogP contribution is -2.40. The molecule has 7 heteroatoms. The fourth-order valence-corrected chi connectivity index (χ4v) is 4.52. The van der Waals surface area contributed by atoms with Gasteiger partial charge in [-0.25, -0.2) is 9.79 Å². The highest BCUT2D eigenvalue weighted by Crippen LogP contribution is 2.44. The number of rotatable bonds is 7. The summed E-state index contributed by atoms with van der Waals surface area (Å²) in [4.78, 5) is 32.0. The van der Waals surface area contributed by atoms with Crippen LogP contribution >= 0.6 is 11.8 Å². The summed E-state index contributed by atoms with van der Waals surface area (Å²) in [6.07, 6.45) is 0.710. The van der Waals surface area contributed by atoms with Gasteiger partial charge in [0.2, 0.25) is 5.91 Å². The minimum Gasteiger partial charge on any atom is -0.493 e. The van der Waals surface area contributed by atoms with Crippen molar-refractivity contribution in [1.29, 1.82) is 0 Å².